The van der Waals surface area contributed by atoms with Crippen LogP contribution in [0.2, 0.25) is 0 Å². The molecule has 1 aromatic heterocycles. The molecule has 4 fully saturated rings. The molecular weight excluding hydrogens is 360 g/mol. The van der Waals surface area contributed by atoms with Gasteiger partial charge < -0.3 is 14.3 Å². The number of aliphatic hydroxyl groups is 1. The van der Waals surface area contributed by atoms with Gasteiger partial charge in [-0.05, 0) is 98.5 Å². The lowest BCUT2D eigenvalue weighted by atomic mass is 9.43. The Labute approximate surface area is 175 Å². The zero-order valence-electron chi connectivity index (χ0n) is 18.2. The van der Waals surface area contributed by atoms with Gasteiger partial charge in [-0.25, -0.2) is 0 Å². The van der Waals surface area contributed by atoms with Gasteiger partial charge in [-0.1, -0.05) is 19.9 Å². The van der Waals surface area contributed by atoms with Crippen LogP contribution in [0.5, 0.6) is 0 Å². The minimum atomic E-state index is -0.526. The fraction of sp³-hybridized carbons (Fsp3) is 0.769. The van der Waals surface area contributed by atoms with Gasteiger partial charge in [0, 0.05) is 5.41 Å². The number of rotatable bonds is 4. The lowest BCUT2D eigenvalue weighted by Gasteiger charge is -2.63. The van der Waals surface area contributed by atoms with Gasteiger partial charge in [-0.3, -0.25) is 0 Å². The molecule has 4 aliphatic rings. The third-order valence-corrected chi connectivity index (χ3v) is 10.2. The van der Waals surface area contributed by atoms with Crippen molar-refractivity contribution < 1.29 is 14.3 Å². The summed E-state index contributed by atoms with van der Waals surface area (Å²) in [5.74, 6) is 2.28. The molecule has 8 atom stereocenters. The first-order chi connectivity index (χ1) is 13.9. The molecule has 3 nitrogen and oxygen atoms in total. The predicted molar refractivity (Wildman–Crippen MR) is 115 cm³/mol. The van der Waals surface area contributed by atoms with E-state index in [1.54, 1.807) is 6.26 Å². The van der Waals surface area contributed by atoms with Crippen LogP contribution in [0.3, 0.4) is 0 Å². The molecule has 0 aliphatic heterocycles. The Kier molecular flexibility index (Phi) is 4.79. The quantitative estimate of drug-likeness (QED) is 0.624. The van der Waals surface area contributed by atoms with E-state index in [0.717, 1.165) is 31.6 Å². The van der Waals surface area contributed by atoms with Gasteiger partial charge in [0.2, 0.25) is 0 Å². The number of hydrogen-bond donors (Lipinski definition) is 1. The van der Waals surface area contributed by atoms with Crippen molar-refractivity contribution >= 4 is 0 Å². The number of hydrogen-bond acceptors (Lipinski definition) is 3. The first kappa shape index (κ1) is 19.9. The molecule has 5 rings (SSSR count). The first-order valence-corrected chi connectivity index (χ1v) is 11.9. The van der Waals surface area contributed by atoms with Crippen molar-refractivity contribution in [1.82, 2.24) is 0 Å². The molecule has 0 spiro atoms. The van der Waals surface area contributed by atoms with E-state index < -0.39 is 5.60 Å². The van der Waals surface area contributed by atoms with Crippen molar-refractivity contribution in [2.45, 2.75) is 89.3 Å². The summed E-state index contributed by atoms with van der Waals surface area (Å²) < 4.78 is 11.5. The molecule has 0 unspecified atom stereocenters. The maximum atomic E-state index is 12.2. The Morgan fingerprint density at radius 2 is 2.00 bits per heavy atom. The lowest BCUT2D eigenvalue weighted by molar-refractivity contribution is -0.206. The Morgan fingerprint density at radius 1 is 1.14 bits per heavy atom. The molecule has 0 bridgehead atoms. The van der Waals surface area contributed by atoms with Gasteiger partial charge in [-0.2, -0.15) is 0 Å². The van der Waals surface area contributed by atoms with Gasteiger partial charge in [0.25, 0.3) is 0 Å². The zero-order valence-corrected chi connectivity index (χ0v) is 18.2. The molecule has 4 aliphatic carbocycles. The Hall–Kier alpha value is -1.06. The smallest absolute Gasteiger partial charge is 0.0937 e. The van der Waals surface area contributed by atoms with Crippen molar-refractivity contribution in [1.29, 1.82) is 0 Å². The highest BCUT2D eigenvalue weighted by atomic mass is 16.5. The Morgan fingerprint density at radius 3 is 2.76 bits per heavy atom. The summed E-state index contributed by atoms with van der Waals surface area (Å²) in [5, 5.41) is 12.2. The molecule has 3 heteroatoms. The van der Waals surface area contributed by atoms with E-state index in [0.29, 0.717) is 35.9 Å². The van der Waals surface area contributed by atoms with E-state index in [1.165, 1.54) is 37.7 Å². The summed E-state index contributed by atoms with van der Waals surface area (Å²) in [6.45, 7) is 9.40. The summed E-state index contributed by atoms with van der Waals surface area (Å²) in [7, 11) is 0. The van der Waals surface area contributed by atoms with Gasteiger partial charge in [0.15, 0.2) is 0 Å². The minimum Gasteiger partial charge on any atom is -0.472 e. The summed E-state index contributed by atoms with van der Waals surface area (Å²) in [6.07, 6.45) is 16.5. The van der Waals surface area contributed by atoms with E-state index in [9.17, 15) is 5.11 Å². The molecule has 0 amide bonds. The van der Waals surface area contributed by atoms with E-state index in [1.807, 2.05) is 12.3 Å². The number of ether oxygens (including phenoxy) is 1. The maximum Gasteiger partial charge on any atom is 0.0937 e. The molecule has 4 saturated carbocycles. The van der Waals surface area contributed by atoms with Gasteiger partial charge in [0.05, 0.1) is 30.8 Å². The maximum absolute atomic E-state index is 12.2. The molecule has 160 valence electrons. The number of furan rings is 1. The molecule has 1 heterocycles. The highest BCUT2D eigenvalue weighted by molar-refractivity contribution is 5.26. The highest BCUT2D eigenvalue weighted by Gasteiger charge is 2.67. The largest absolute Gasteiger partial charge is 0.472 e. The van der Waals surface area contributed by atoms with E-state index in [4.69, 9.17) is 9.15 Å². The normalized spacial score (nSPS) is 49.1. The minimum absolute atomic E-state index is 0.0223. The van der Waals surface area contributed by atoms with Crippen LogP contribution in [0, 0.1) is 28.6 Å². The topological polar surface area (TPSA) is 42.6 Å². The summed E-state index contributed by atoms with van der Waals surface area (Å²) in [6, 6.07) is 2.12. The summed E-state index contributed by atoms with van der Waals surface area (Å²) in [5.41, 5.74) is 1.11. The molecule has 0 aromatic carbocycles. The first-order valence-electron chi connectivity index (χ1n) is 11.9. The Bertz CT molecular complexity index is 741. The van der Waals surface area contributed by atoms with Crippen molar-refractivity contribution in [2.75, 3.05) is 6.61 Å². The average Bonchev–Trinajstić information content (AvgIpc) is 3.32. The van der Waals surface area contributed by atoms with Crippen LogP contribution in [0.15, 0.2) is 35.7 Å². The van der Waals surface area contributed by atoms with Gasteiger partial charge >= 0.3 is 0 Å². The monoisotopic (exact) mass is 398 g/mol. The van der Waals surface area contributed by atoms with Gasteiger partial charge in [0.1, 0.15) is 0 Å². The average molecular weight is 399 g/mol. The van der Waals surface area contributed by atoms with Crippen LogP contribution in [0.4, 0.5) is 0 Å². The highest BCUT2D eigenvalue weighted by Crippen LogP contribution is 2.70. The van der Waals surface area contributed by atoms with Crippen LogP contribution >= 0.6 is 0 Å². The van der Waals surface area contributed by atoms with Crippen molar-refractivity contribution in [3.05, 3.63) is 36.8 Å². The molecular formula is C26H38O3. The second kappa shape index (κ2) is 6.99. The lowest BCUT2D eigenvalue weighted by Crippen LogP contribution is -2.62. The molecule has 1 N–H and O–H groups in total. The second-order valence-corrected chi connectivity index (χ2v) is 11.0. The summed E-state index contributed by atoms with van der Waals surface area (Å²) in [4.78, 5) is 0. The van der Waals surface area contributed by atoms with Crippen LogP contribution < -0.4 is 0 Å². The predicted octanol–water partition coefficient (Wildman–Crippen LogP) is 6.09. The second-order valence-electron chi connectivity index (χ2n) is 11.0. The summed E-state index contributed by atoms with van der Waals surface area (Å²) >= 11 is 0. The van der Waals surface area contributed by atoms with E-state index >= 15 is 0 Å². The third-order valence-electron chi connectivity index (χ3n) is 10.2. The van der Waals surface area contributed by atoms with Crippen molar-refractivity contribution in [3.63, 3.8) is 0 Å². The fourth-order valence-corrected chi connectivity index (χ4v) is 8.55. The third kappa shape index (κ3) is 2.76. The standard InChI is InChI=1S/C26H38O3/c1-4-14-29-20-7-11-24(2)19(16-20)5-6-23-22(24)8-12-25(3)21(9-13-26(23,25)27)18-10-15-28-17-18/h4,10,15,17,19-23,27H,1,5-9,11-14,16H2,2-3H3/t19-,20+,21-,22+,23-,24+,25-,26+/m1/s1. The molecule has 29 heavy (non-hydrogen) atoms. The van der Waals surface area contributed by atoms with Gasteiger partial charge in [-0.15, -0.1) is 6.58 Å². The Balaban J connectivity index is 1.40. The molecule has 0 radical (unpaired) electrons. The number of fused-ring (bicyclic) bond motifs is 5. The van der Waals surface area contributed by atoms with Crippen LogP contribution in [-0.4, -0.2) is 23.4 Å². The SMILES string of the molecule is C=CCO[C@H]1CC[C@@]2(C)[C@H](CC[C@@H]3[C@@H]2CC[C@]2(C)[C@@H](c4ccoc4)CC[C@]32O)C1. The van der Waals surface area contributed by atoms with Crippen LogP contribution in [0.25, 0.3) is 0 Å². The van der Waals surface area contributed by atoms with Crippen molar-refractivity contribution in [3.8, 4) is 0 Å². The fourth-order valence-electron chi connectivity index (χ4n) is 8.55. The van der Waals surface area contributed by atoms with E-state index in [2.05, 4.69) is 26.5 Å². The zero-order chi connectivity index (χ0) is 20.3. The molecule has 0 saturated heterocycles. The molecule has 1 aromatic rings. The van der Waals surface area contributed by atoms with E-state index in [-0.39, 0.29) is 5.41 Å². The van der Waals surface area contributed by atoms with Crippen molar-refractivity contribution in [2.24, 2.45) is 28.6 Å². The van der Waals surface area contributed by atoms with Crippen LogP contribution in [-0.2, 0) is 4.74 Å². The van der Waals surface area contributed by atoms with Crippen LogP contribution in [0.1, 0.15) is 83.1 Å².